The van der Waals surface area contributed by atoms with Crippen molar-refractivity contribution in [3.8, 4) is 0 Å². The minimum Gasteiger partial charge on any atom is -0.458 e. The number of rotatable bonds is 11. The Morgan fingerprint density at radius 2 is 1.54 bits per heavy atom. The van der Waals surface area contributed by atoms with Gasteiger partial charge in [0.25, 0.3) is 0 Å². The Kier molecular flexibility index (Phi) is 18.0. The highest BCUT2D eigenvalue weighted by Crippen LogP contribution is 2.45. The zero-order valence-corrected chi connectivity index (χ0v) is 44.2. The Hall–Kier alpha value is -2.51. The number of halogens is 2. The van der Waals surface area contributed by atoms with Crippen molar-refractivity contribution < 1.29 is 66.9 Å². The van der Waals surface area contributed by atoms with E-state index in [1.165, 1.54) is 24.1 Å². The van der Waals surface area contributed by atoms with E-state index in [0.717, 1.165) is 19.3 Å². The Morgan fingerprint density at radius 3 is 2.14 bits per heavy atom. The maximum atomic E-state index is 15.1. The maximum Gasteiger partial charge on any atom is 0.410 e. The molecule has 15 nitrogen and oxygen atoms in total. The normalized spacial score (nSPS) is 44.3. The van der Waals surface area contributed by atoms with Gasteiger partial charge in [-0.3, -0.25) is 19.4 Å². The molecular weight excluding hydrogens is 915 g/mol. The van der Waals surface area contributed by atoms with Gasteiger partial charge in [-0.05, 0) is 112 Å². The quantitative estimate of drug-likeness (QED) is 0.207. The lowest BCUT2D eigenvalue weighted by Crippen LogP contribution is -2.63. The van der Waals surface area contributed by atoms with Crippen LogP contribution in [0.2, 0.25) is 5.02 Å². The lowest BCUT2D eigenvalue weighted by molar-refractivity contribution is -0.321. The number of piperidine rings is 1. The van der Waals surface area contributed by atoms with Crippen LogP contribution in [0.3, 0.4) is 0 Å². The summed E-state index contributed by atoms with van der Waals surface area (Å²) in [4.78, 5) is 48.2. The minimum atomic E-state index is -1.50. The zero-order valence-electron chi connectivity index (χ0n) is 43.4. The number of aliphatic hydroxyl groups excluding tert-OH is 2. The first-order valence-electron chi connectivity index (χ1n) is 25.4. The summed E-state index contributed by atoms with van der Waals surface area (Å²) in [5.74, 6) is -4.74. The largest absolute Gasteiger partial charge is 0.458 e. The van der Waals surface area contributed by atoms with Gasteiger partial charge in [-0.2, -0.15) is 0 Å². The smallest absolute Gasteiger partial charge is 0.410 e. The molecule has 17 heteroatoms. The summed E-state index contributed by atoms with van der Waals surface area (Å²) in [6, 6.07) is 3.66. The van der Waals surface area contributed by atoms with Crippen LogP contribution in [0.1, 0.15) is 134 Å². The van der Waals surface area contributed by atoms with Crippen LogP contribution in [0.5, 0.6) is 0 Å². The molecule has 1 aromatic carbocycles. The number of hydrogen-bond donors (Lipinski definition) is 2. The number of fused-ring (bicyclic) bond motifs is 1. The lowest BCUT2D eigenvalue weighted by Gasteiger charge is -2.52. The van der Waals surface area contributed by atoms with Gasteiger partial charge in [0, 0.05) is 63.1 Å². The number of ether oxygens (including phenoxy) is 8. The molecular formula is C52H82ClFN2O13. The Morgan fingerprint density at radius 1 is 0.884 bits per heavy atom. The van der Waals surface area contributed by atoms with Crippen molar-refractivity contribution >= 4 is 29.4 Å². The molecule has 0 aliphatic carbocycles. The molecule has 5 aliphatic heterocycles. The third kappa shape index (κ3) is 11.4. The van der Waals surface area contributed by atoms with Gasteiger partial charge in [0.05, 0.1) is 52.6 Å². The summed E-state index contributed by atoms with van der Waals surface area (Å²) in [5.41, 5.74) is -3.19. The molecule has 6 rings (SSSR count). The van der Waals surface area contributed by atoms with Gasteiger partial charge in [0.1, 0.15) is 29.9 Å². The summed E-state index contributed by atoms with van der Waals surface area (Å²) in [6.07, 6.45) is -4.46. The molecule has 0 aromatic heterocycles. The maximum absolute atomic E-state index is 15.1. The second-order valence-electron chi connectivity index (χ2n) is 21.8. The highest BCUT2D eigenvalue weighted by atomic mass is 35.5. The molecule has 0 saturated carbocycles. The summed E-state index contributed by atoms with van der Waals surface area (Å²) in [7, 11) is 3.07. The molecule has 0 bridgehead atoms. The van der Waals surface area contributed by atoms with Crippen molar-refractivity contribution in [2.45, 2.75) is 231 Å². The van der Waals surface area contributed by atoms with E-state index in [1.54, 1.807) is 47.8 Å². The summed E-state index contributed by atoms with van der Waals surface area (Å²) in [6.45, 7) is 22.6. The molecule has 0 spiro atoms. The predicted octanol–water partition coefficient (Wildman–Crippen LogP) is 7.64. The Balaban J connectivity index is 1.45. The molecule has 69 heavy (non-hydrogen) atoms. The number of hydrogen-bond acceptors (Lipinski definition) is 14. The number of amides is 1. The van der Waals surface area contributed by atoms with Gasteiger partial charge in [-0.25, -0.2) is 9.18 Å². The van der Waals surface area contributed by atoms with Crippen molar-refractivity contribution in [2.75, 3.05) is 20.8 Å². The van der Waals surface area contributed by atoms with Crippen LogP contribution in [-0.4, -0.2) is 155 Å². The molecule has 5 aliphatic rings. The molecule has 20 atom stereocenters. The second kappa shape index (κ2) is 22.3. The third-order valence-electron chi connectivity index (χ3n) is 16.7. The fourth-order valence-corrected chi connectivity index (χ4v) is 12.9. The average molecular weight is 998 g/mol. The average Bonchev–Trinajstić information content (AvgIpc) is 3.56. The molecule has 5 saturated heterocycles. The number of nitrogens with zero attached hydrogens (tertiary/aromatic N) is 2. The number of ketones is 1. The molecule has 1 amide bonds. The van der Waals surface area contributed by atoms with Crippen LogP contribution in [0.4, 0.5) is 9.18 Å². The second-order valence-corrected chi connectivity index (χ2v) is 22.2. The van der Waals surface area contributed by atoms with E-state index in [4.69, 9.17) is 49.5 Å². The highest BCUT2D eigenvalue weighted by Gasteiger charge is 2.61. The van der Waals surface area contributed by atoms with Crippen molar-refractivity contribution in [1.82, 2.24) is 9.80 Å². The first-order chi connectivity index (χ1) is 32.3. The van der Waals surface area contributed by atoms with Gasteiger partial charge >= 0.3 is 12.1 Å². The summed E-state index contributed by atoms with van der Waals surface area (Å²) < 4.78 is 66.3. The van der Waals surface area contributed by atoms with Crippen LogP contribution in [0.25, 0.3) is 0 Å². The first kappa shape index (κ1) is 55.8. The molecule has 5 fully saturated rings. The number of carbonyl (C=O) groups is 3. The fourth-order valence-electron chi connectivity index (χ4n) is 12.7. The fraction of sp³-hybridized carbons (Fsp3) is 0.827. The molecule has 392 valence electrons. The SMILES string of the molecule is CCC1OC(=O)C(C)C(OC2CC(C)(OC)C(O)C(C)O2)C(C)C(OC2OC(C)CC(N3C(C)CCCC3C)C2O)C(C)(OC)CC(C)C(=O)C(C)C2N(CCc3ccc(F)c(Cl)c3)C(=O)OC12C. The topological polar surface area (TPSA) is 172 Å². The van der Waals surface area contributed by atoms with Crippen LogP contribution in [0, 0.1) is 29.5 Å². The molecule has 1 aromatic rings. The lowest BCUT2D eigenvalue weighted by atomic mass is 9.73. The number of aliphatic hydroxyl groups is 2. The van der Waals surface area contributed by atoms with E-state index >= 15 is 9.59 Å². The van der Waals surface area contributed by atoms with Gasteiger partial charge in [0.15, 0.2) is 18.2 Å². The van der Waals surface area contributed by atoms with Crippen molar-refractivity contribution in [3.05, 3.63) is 34.6 Å². The molecule has 0 radical (unpaired) electrons. The number of likely N-dealkylation sites (tertiary alicyclic amines) is 1. The predicted molar refractivity (Wildman–Crippen MR) is 256 cm³/mol. The van der Waals surface area contributed by atoms with Crippen molar-refractivity contribution in [3.63, 3.8) is 0 Å². The highest BCUT2D eigenvalue weighted by molar-refractivity contribution is 6.30. The first-order valence-corrected chi connectivity index (χ1v) is 25.8. The van der Waals surface area contributed by atoms with E-state index in [0.29, 0.717) is 12.0 Å². The number of methoxy groups -OCH3 is 2. The van der Waals surface area contributed by atoms with Gasteiger partial charge < -0.3 is 48.1 Å². The number of esters is 1. The molecule has 5 heterocycles. The van der Waals surface area contributed by atoms with Crippen molar-refractivity contribution in [2.24, 2.45) is 23.7 Å². The van der Waals surface area contributed by atoms with Crippen LogP contribution in [-0.2, 0) is 53.9 Å². The van der Waals surface area contributed by atoms with E-state index in [9.17, 15) is 19.4 Å². The number of cyclic esters (lactones) is 1. The number of carbonyl (C=O) groups excluding carboxylic acids is 3. The summed E-state index contributed by atoms with van der Waals surface area (Å²) >= 11 is 6.14. The van der Waals surface area contributed by atoms with Crippen LogP contribution < -0.4 is 0 Å². The Bertz CT molecular complexity index is 1940. The molecule has 2 N–H and O–H groups in total. The van der Waals surface area contributed by atoms with Crippen LogP contribution in [0.15, 0.2) is 18.2 Å². The standard InChI is InChI=1S/C52H82ClFN2O13/c1-15-39-52(12)44(55(49(61)69-52)22-21-35-19-20-37(54)36(53)24-35)31(6)41(57)27(2)25-51(11,63-14)46(68-48-42(58)38(23-30(5)64-48)56-28(3)17-16-18-29(56)4)32(7)43(33(8)47(60)66-39)67-40-26-50(10,62-13)45(59)34(9)65-40/h19-20,24,27-34,38-40,42-46,48,58-59H,15-18,21-23,25-26H2,1-14H3. The van der Waals surface area contributed by atoms with E-state index in [-0.39, 0.29) is 67.3 Å². The number of Topliss-reactive ketones (excluding diaryl/α,β-unsaturated/α-hetero) is 1. The Labute approximate surface area is 414 Å². The zero-order chi connectivity index (χ0) is 51.1. The van der Waals surface area contributed by atoms with E-state index in [2.05, 4.69) is 18.7 Å². The number of benzene rings is 1. The van der Waals surface area contributed by atoms with Gasteiger partial charge in [-0.15, -0.1) is 0 Å². The van der Waals surface area contributed by atoms with Crippen LogP contribution >= 0.6 is 11.6 Å². The summed E-state index contributed by atoms with van der Waals surface area (Å²) in [5, 5.41) is 23.5. The van der Waals surface area contributed by atoms with Gasteiger partial charge in [-0.1, -0.05) is 51.8 Å². The third-order valence-corrected chi connectivity index (χ3v) is 17.0. The minimum absolute atomic E-state index is 0.0520. The van der Waals surface area contributed by atoms with E-state index in [1.807, 2.05) is 34.6 Å². The molecule has 20 unspecified atom stereocenters. The van der Waals surface area contributed by atoms with E-state index < -0.39 is 114 Å². The van der Waals surface area contributed by atoms with Crippen molar-refractivity contribution in [1.29, 1.82) is 0 Å². The van der Waals surface area contributed by atoms with Gasteiger partial charge in [0.2, 0.25) is 0 Å². The monoisotopic (exact) mass is 997 g/mol.